The van der Waals surface area contributed by atoms with Gasteiger partial charge >= 0.3 is 6.01 Å². The van der Waals surface area contributed by atoms with Crippen LogP contribution in [-0.4, -0.2) is 69.3 Å². The van der Waals surface area contributed by atoms with Crippen molar-refractivity contribution in [1.82, 2.24) is 25.2 Å². The molecule has 0 aliphatic carbocycles. The predicted octanol–water partition coefficient (Wildman–Crippen LogP) is 5.93. The van der Waals surface area contributed by atoms with Gasteiger partial charge in [-0.2, -0.15) is 9.97 Å². The van der Waals surface area contributed by atoms with E-state index in [1.165, 1.54) is 12.1 Å². The van der Waals surface area contributed by atoms with Crippen molar-refractivity contribution in [3.8, 4) is 29.6 Å². The summed E-state index contributed by atoms with van der Waals surface area (Å²) in [5.41, 5.74) is 5.77. The van der Waals surface area contributed by atoms with Crippen LogP contribution in [0.3, 0.4) is 0 Å². The molecule has 2 aromatic heterocycles. The second-order valence-electron chi connectivity index (χ2n) is 14.5. The number of piperazine rings is 1. The van der Waals surface area contributed by atoms with Crippen LogP contribution in [0.2, 0.25) is 0 Å². The lowest BCUT2D eigenvalue weighted by atomic mass is 9.87. The summed E-state index contributed by atoms with van der Waals surface area (Å²) in [7, 11) is 0. The number of nitrogens with one attached hydrogen (secondary N) is 1. The number of ether oxygens (including phenoxy) is 1. The molecule has 254 valence electrons. The maximum atomic E-state index is 17.2. The molecule has 3 N–H and O–H groups in total. The number of terminal acetylenes is 1. The molecule has 13 heteroatoms. The first kappa shape index (κ1) is 30.8. The number of hydrogen-bond donors (Lipinski definition) is 2. The predicted molar refractivity (Wildman–Crippen MR) is 175 cm³/mol. The number of fused-ring (bicyclic) bond motifs is 7. The molecule has 4 aromatic rings. The monoisotopic (exact) mass is 675 g/mol. The van der Waals surface area contributed by atoms with Gasteiger partial charge in [0.05, 0.1) is 34.8 Å². The van der Waals surface area contributed by atoms with Crippen LogP contribution in [0.5, 0.6) is 6.01 Å². The Morgan fingerprint density at radius 1 is 1.02 bits per heavy atom. The van der Waals surface area contributed by atoms with Crippen LogP contribution < -0.4 is 20.7 Å². The first-order valence-electron chi connectivity index (χ1n) is 16.8. The van der Waals surface area contributed by atoms with Gasteiger partial charge in [0.1, 0.15) is 23.6 Å². The summed E-state index contributed by atoms with van der Waals surface area (Å²) in [6.45, 7) is 3.85. The van der Waals surface area contributed by atoms with Gasteiger partial charge in [0.15, 0.2) is 29.0 Å². The van der Waals surface area contributed by atoms with E-state index in [1.54, 1.807) is 4.90 Å². The van der Waals surface area contributed by atoms with Gasteiger partial charge in [0.2, 0.25) is 0 Å². The summed E-state index contributed by atoms with van der Waals surface area (Å²) in [5, 5.41) is 3.06. The third-order valence-electron chi connectivity index (χ3n) is 11.5. The van der Waals surface area contributed by atoms with Crippen molar-refractivity contribution in [3.05, 3.63) is 46.9 Å². The zero-order chi connectivity index (χ0) is 34.0. The number of halogens is 5. The lowest BCUT2D eigenvalue weighted by Crippen LogP contribution is -2.69. The molecule has 7 heterocycles. The highest BCUT2D eigenvalue weighted by Crippen LogP contribution is 2.51. The van der Waals surface area contributed by atoms with Gasteiger partial charge in [-0.25, -0.2) is 32.3 Å². The lowest BCUT2D eigenvalue weighted by molar-refractivity contribution is -0.00286. The van der Waals surface area contributed by atoms with Crippen molar-refractivity contribution in [2.45, 2.75) is 75.0 Å². The molecule has 49 heavy (non-hydrogen) atoms. The average Bonchev–Trinajstić information content (AvgIpc) is 3.69. The highest BCUT2D eigenvalue weighted by atomic mass is 19.2. The molecule has 4 saturated heterocycles. The Labute approximate surface area is 279 Å². The van der Waals surface area contributed by atoms with Gasteiger partial charge in [0, 0.05) is 29.5 Å². The van der Waals surface area contributed by atoms with Gasteiger partial charge in [-0.05, 0) is 74.7 Å². The molecule has 9 rings (SSSR count). The van der Waals surface area contributed by atoms with E-state index in [4.69, 9.17) is 26.9 Å². The second-order valence-corrected chi connectivity index (χ2v) is 14.5. The zero-order valence-corrected chi connectivity index (χ0v) is 26.9. The first-order chi connectivity index (χ1) is 23.4. The summed E-state index contributed by atoms with van der Waals surface area (Å²) in [5.74, 6) is -5.50. The molecule has 5 aliphatic rings. The van der Waals surface area contributed by atoms with E-state index in [2.05, 4.69) is 21.1 Å². The van der Waals surface area contributed by atoms with Crippen molar-refractivity contribution in [2.75, 3.05) is 36.9 Å². The zero-order valence-electron chi connectivity index (χ0n) is 26.9. The lowest BCUT2D eigenvalue weighted by Gasteiger charge is -2.48. The van der Waals surface area contributed by atoms with Crippen LogP contribution in [0.25, 0.3) is 32.9 Å². The van der Waals surface area contributed by atoms with E-state index in [9.17, 15) is 4.39 Å². The minimum atomic E-state index is -2.07. The summed E-state index contributed by atoms with van der Waals surface area (Å²) in [4.78, 5) is 18.1. The van der Waals surface area contributed by atoms with Crippen LogP contribution in [0.4, 0.5) is 33.5 Å². The summed E-state index contributed by atoms with van der Waals surface area (Å²) < 4.78 is 85.9. The fourth-order valence-electron chi connectivity index (χ4n) is 9.51. The van der Waals surface area contributed by atoms with Gasteiger partial charge in [-0.3, -0.25) is 4.90 Å². The molecule has 2 aromatic carbocycles. The van der Waals surface area contributed by atoms with E-state index in [1.807, 2.05) is 6.92 Å². The average molecular weight is 676 g/mol. The molecule has 0 radical (unpaired) electrons. The van der Waals surface area contributed by atoms with Gasteiger partial charge in [0.25, 0.3) is 0 Å². The van der Waals surface area contributed by atoms with Crippen molar-refractivity contribution in [3.63, 3.8) is 0 Å². The standard InChI is InChI=1S/C36H34F5N7O/c1-3-21-25-19(14-23(37)27(21)38)13-20(42)15-22(25)29-28(39)30-26-24(43-29)12-18(2)31-36(41)9-8-35(40,46-36)16-48(31)32(26)45-33(44-30)49-17-34-6-4-10-47(34)11-5-7-34/h1,13-15,18,31,46H,4-12,16-17,42H2,2H3/t18-,31-,35+,36-/m0/s1. The molecule has 2 bridgehead atoms. The summed E-state index contributed by atoms with van der Waals surface area (Å²) in [6.07, 6.45) is 9.74. The molecule has 0 spiro atoms. The third kappa shape index (κ3) is 4.39. The van der Waals surface area contributed by atoms with Crippen molar-refractivity contribution in [2.24, 2.45) is 5.92 Å². The molecule has 0 amide bonds. The molecule has 4 atom stereocenters. The van der Waals surface area contributed by atoms with Crippen molar-refractivity contribution in [1.29, 1.82) is 0 Å². The number of rotatable bonds is 4. The second kappa shape index (κ2) is 10.4. The number of nitrogens with zero attached hydrogens (tertiary/aromatic N) is 5. The maximum absolute atomic E-state index is 17.2. The molecule has 0 unspecified atom stereocenters. The summed E-state index contributed by atoms with van der Waals surface area (Å²) >= 11 is 0. The minimum Gasteiger partial charge on any atom is -0.461 e. The molecular weight excluding hydrogens is 641 g/mol. The van der Waals surface area contributed by atoms with Crippen LogP contribution >= 0.6 is 0 Å². The maximum Gasteiger partial charge on any atom is 0.319 e. The van der Waals surface area contributed by atoms with Crippen molar-refractivity contribution >= 4 is 33.2 Å². The Morgan fingerprint density at radius 3 is 2.55 bits per heavy atom. The quantitative estimate of drug-likeness (QED) is 0.119. The molecule has 0 saturated carbocycles. The number of alkyl halides is 2. The Balaban J connectivity index is 1.29. The number of benzene rings is 2. The Bertz CT molecular complexity index is 2130. The largest absolute Gasteiger partial charge is 0.461 e. The van der Waals surface area contributed by atoms with Gasteiger partial charge in [-0.15, -0.1) is 6.42 Å². The normalized spacial score (nSPS) is 28.5. The van der Waals surface area contributed by atoms with Crippen LogP contribution in [0.15, 0.2) is 18.2 Å². The molecular formula is C36H34F5N7O. The van der Waals surface area contributed by atoms with E-state index < -0.39 is 46.6 Å². The van der Waals surface area contributed by atoms with Gasteiger partial charge < -0.3 is 15.4 Å². The number of aromatic nitrogens is 3. The van der Waals surface area contributed by atoms with Crippen LogP contribution in [0, 0.1) is 35.7 Å². The van der Waals surface area contributed by atoms with Crippen LogP contribution in [-0.2, 0) is 6.42 Å². The highest BCUT2D eigenvalue weighted by molar-refractivity contribution is 6.04. The number of hydrogen-bond acceptors (Lipinski definition) is 8. The van der Waals surface area contributed by atoms with E-state index >= 15 is 17.6 Å². The first-order valence-corrected chi connectivity index (χ1v) is 16.8. The fourth-order valence-corrected chi connectivity index (χ4v) is 9.51. The number of anilines is 2. The van der Waals surface area contributed by atoms with E-state index in [0.717, 1.165) is 44.8 Å². The highest BCUT2D eigenvalue weighted by Gasteiger charge is 2.62. The third-order valence-corrected chi connectivity index (χ3v) is 11.5. The number of nitrogen functional groups attached to an aromatic ring is 1. The molecule has 4 fully saturated rings. The Hall–Kier alpha value is -4.28. The fraction of sp³-hybridized carbons (Fsp3) is 0.472. The number of nitrogens with two attached hydrogens (primary N) is 1. The van der Waals surface area contributed by atoms with Gasteiger partial charge in [-0.1, -0.05) is 12.8 Å². The molecule has 8 nitrogen and oxygen atoms in total. The van der Waals surface area contributed by atoms with Crippen molar-refractivity contribution < 1.29 is 26.7 Å². The Morgan fingerprint density at radius 2 is 1.80 bits per heavy atom. The SMILES string of the molecule is C#Cc1c(F)c(F)cc2cc(N)cc(-c3nc4c5c(nc(OCC67CCCN6CCC7)nc5c3F)N3C[C@@]5(F)CC[C@](F)(N5)[C@@H]3[C@@H](C)C4)c12. The summed E-state index contributed by atoms with van der Waals surface area (Å²) in [6, 6.07) is 2.81. The van der Waals surface area contributed by atoms with E-state index in [0.29, 0.717) is 5.69 Å². The Kier molecular flexibility index (Phi) is 6.51. The van der Waals surface area contributed by atoms with E-state index in [-0.39, 0.29) is 88.4 Å². The minimum absolute atomic E-state index is 0.0191. The molecule has 5 aliphatic heterocycles. The smallest absolute Gasteiger partial charge is 0.319 e. The van der Waals surface area contributed by atoms with Crippen LogP contribution in [0.1, 0.15) is 56.7 Å². The topological polar surface area (TPSA) is 92.4 Å². The number of pyridine rings is 1.